The first-order chi connectivity index (χ1) is 8.41. The van der Waals surface area contributed by atoms with E-state index < -0.39 is 11.7 Å². The molecule has 0 aromatic heterocycles. The topological polar surface area (TPSA) is 38.0 Å². The molecule has 1 unspecified atom stereocenters. The van der Waals surface area contributed by atoms with Crippen molar-refractivity contribution in [2.45, 2.75) is 31.5 Å². The number of nitrogens with one attached hydrogen (secondary N) is 1. The third-order valence-corrected chi connectivity index (χ3v) is 3.86. The minimum Gasteiger partial charge on any atom is -0.271 e. The van der Waals surface area contributed by atoms with Crippen LogP contribution in [0.4, 0.5) is 13.2 Å². The summed E-state index contributed by atoms with van der Waals surface area (Å²) in [6.45, 7) is 0. The quantitative estimate of drug-likeness (QED) is 0.654. The molecular weight excluding hydrogens is 309 g/mol. The maximum atomic E-state index is 12.8. The second kappa shape index (κ2) is 5.19. The number of alkyl halides is 3. The van der Waals surface area contributed by atoms with E-state index in [9.17, 15) is 13.2 Å². The predicted molar refractivity (Wildman–Crippen MR) is 66.5 cm³/mol. The fourth-order valence-corrected chi connectivity index (χ4v) is 2.44. The van der Waals surface area contributed by atoms with Gasteiger partial charge in [0.25, 0.3) is 0 Å². The molecule has 1 aliphatic carbocycles. The Labute approximate surface area is 112 Å². The molecule has 1 saturated carbocycles. The van der Waals surface area contributed by atoms with E-state index in [-0.39, 0.29) is 10.5 Å². The largest absolute Gasteiger partial charge is 0.417 e. The highest BCUT2D eigenvalue weighted by atomic mass is 79.9. The van der Waals surface area contributed by atoms with E-state index in [0.29, 0.717) is 11.5 Å². The summed E-state index contributed by atoms with van der Waals surface area (Å²) in [6.07, 6.45) is -1.29. The van der Waals surface area contributed by atoms with Crippen molar-refractivity contribution in [2.75, 3.05) is 0 Å². The SMILES string of the molecule is NNC(CC1CC1)c1ccc(Br)c(C(F)(F)F)c1. The first-order valence-electron chi connectivity index (χ1n) is 5.74. The van der Waals surface area contributed by atoms with Crippen LogP contribution in [0.3, 0.4) is 0 Å². The van der Waals surface area contributed by atoms with Crippen LogP contribution < -0.4 is 11.3 Å². The van der Waals surface area contributed by atoms with E-state index in [1.165, 1.54) is 6.07 Å². The van der Waals surface area contributed by atoms with Gasteiger partial charge in [0, 0.05) is 10.5 Å². The van der Waals surface area contributed by atoms with E-state index in [0.717, 1.165) is 25.3 Å². The number of rotatable bonds is 4. The maximum Gasteiger partial charge on any atom is 0.417 e. The van der Waals surface area contributed by atoms with Crippen LogP contribution in [-0.2, 0) is 6.18 Å². The van der Waals surface area contributed by atoms with Gasteiger partial charge in [-0.1, -0.05) is 34.8 Å². The molecule has 0 spiro atoms. The molecule has 0 amide bonds. The molecular formula is C12H14BrF3N2. The zero-order valence-electron chi connectivity index (χ0n) is 9.60. The van der Waals surface area contributed by atoms with Crippen LogP contribution in [0, 0.1) is 5.92 Å². The lowest BCUT2D eigenvalue weighted by atomic mass is 9.99. The van der Waals surface area contributed by atoms with Crippen LogP contribution in [0.1, 0.15) is 36.4 Å². The molecule has 0 aliphatic heterocycles. The third kappa shape index (κ3) is 3.24. The molecule has 1 aromatic rings. The highest BCUT2D eigenvalue weighted by Gasteiger charge is 2.34. The molecule has 1 atom stereocenters. The van der Waals surface area contributed by atoms with Crippen molar-refractivity contribution in [3.8, 4) is 0 Å². The van der Waals surface area contributed by atoms with E-state index in [2.05, 4.69) is 21.4 Å². The fraction of sp³-hybridized carbons (Fsp3) is 0.500. The minimum atomic E-state index is -4.35. The van der Waals surface area contributed by atoms with Gasteiger partial charge in [-0.3, -0.25) is 11.3 Å². The number of nitrogens with two attached hydrogens (primary N) is 1. The number of halogens is 4. The summed E-state index contributed by atoms with van der Waals surface area (Å²) in [5, 5.41) is 0. The highest BCUT2D eigenvalue weighted by molar-refractivity contribution is 9.10. The molecule has 2 nitrogen and oxygen atoms in total. The van der Waals surface area contributed by atoms with Gasteiger partial charge in [0.2, 0.25) is 0 Å². The zero-order chi connectivity index (χ0) is 13.3. The van der Waals surface area contributed by atoms with Crippen molar-refractivity contribution in [3.05, 3.63) is 33.8 Å². The monoisotopic (exact) mass is 322 g/mol. The van der Waals surface area contributed by atoms with E-state index in [1.807, 2.05) is 0 Å². The van der Waals surface area contributed by atoms with Crippen LogP contribution in [0.25, 0.3) is 0 Å². The molecule has 1 fully saturated rings. The average molecular weight is 323 g/mol. The lowest BCUT2D eigenvalue weighted by molar-refractivity contribution is -0.138. The average Bonchev–Trinajstić information content (AvgIpc) is 3.09. The Morgan fingerprint density at radius 1 is 1.39 bits per heavy atom. The summed E-state index contributed by atoms with van der Waals surface area (Å²) in [4.78, 5) is 0. The Kier molecular flexibility index (Phi) is 3.99. The van der Waals surface area contributed by atoms with Crippen LogP contribution >= 0.6 is 15.9 Å². The number of hydrazine groups is 1. The Hall–Kier alpha value is -0.590. The van der Waals surface area contributed by atoms with Crippen LogP contribution in [0.5, 0.6) is 0 Å². The van der Waals surface area contributed by atoms with Gasteiger partial charge in [-0.2, -0.15) is 13.2 Å². The summed E-state index contributed by atoms with van der Waals surface area (Å²) in [5.74, 6) is 6.02. The lowest BCUT2D eigenvalue weighted by Gasteiger charge is -2.18. The Balaban J connectivity index is 2.26. The smallest absolute Gasteiger partial charge is 0.271 e. The van der Waals surface area contributed by atoms with Gasteiger partial charge < -0.3 is 0 Å². The molecule has 3 N–H and O–H groups in total. The maximum absolute atomic E-state index is 12.8. The van der Waals surface area contributed by atoms with Gasteiger partial charge in [-0.05, 0) is 30.0 Å². The molecule has 0 heterocycles. The standard InChI is InChI=1S/C12H14BrF3N2/c13-10-4-3-8(6-9(10)12(14,15)16)11(18-17)5-7-1-2-7/h3-4,6-7,11,18H,1-2,5,17H2. The first-order valence-corrected chi connectivity index (χ1v) is 6.54. The summed E-state index contributed by atoms with van der Waals surface area (Å²) < 4.78 is 38.4. The molecule has 6 heteroatoms. The molecule has 2 rings (SSSR count). The number of hydrogen-bond acceptors (Lipinski definition) is 2. The van der Waals surface area contributed by atoms with Gasteiger partial charge in [0.05, 0.1) is 5.56 Å². The first kappa shape index (κ1) is 13.8. The zero-order valence-corrected chi connectivity index (χ0v) is 11.2. The van der Waals surface area contributed by atoms with E-state index in [4.69, 9.17) is 5.84 Å². The Bertz CT molecular complexity index is 430. The second-order valence-corrected chi connectivity index (χ2v) is 5.49. The summed E-state index contributed by atoms with van der Waals surface area (Å²) in [5.41, 5.74) is 2.53. The van der Waals surface area contributed by atoms with Crippen LogP contribution in [-0.4, -0.2) is 0 Å². The molecule has 18 heavy (non-hydrogen) atoms. The number of benzene rings is 1. The van der Waals surface area contributed by atoms with Crippen molar-refractivity contribution in [1.82, 2.24) is 5.43 Å². The van der Waals surface area contributed by atoms with Gasteiger partial charge in [-0.15, -0.1) is 0 Å². The molecule has 1 aliphatic rings. The predicted octanol–water partition coefficient (Wildman–Crippen LogP) is 3.77. The van der Waals surface area contributed by atoms with Crippen LogP contribution in [0.2, 0.25) is 0 Å². The molecule has 0 saturated heterocycles. The van der Waals surface area contributed by atoms with Crippen molar-refractivity contribution < 1.29 is 13.2 Å². The highest BCUT2D eigenvalue weighted by Crippen LogP contribution is 2.40. The van der Waals surface area contributed by atoms with Crippen LogP contribution in [0.15, 0.2) is 22.7 Å². The minimum absolute atomic E-state index is 0.0564. The molecule has 0 bridgehead atoms. The van der Waals surface area contributed by atoms with Gasteiger partial charge >= 0.3 is 6.18 Å². The third-order valence-electron chi connectivity index (χ3n) is 3.17. The van der Waals surface area contributed by atoms with E-state index >= 15 is 0 Å². The Morgan fingerprint density at radius 2 is 2.06 bits per heavy atom. The lowest BCUT2D eigenvalue weighted by Crippen LogP contribution is -2.28. The van der Waals surface area contributed by atoms with Crippen molar-refractivity contribution >= 4 is 15.9 Å². The van der Waals surface area contributed by atoms with Crippen molar-refractivity contribution in [1.29, 1.82) is 0 Å². The van der Waals surface area contributed by atoms with E-state index in [1.54, 1.807) is 6.07 Å². The van der Waals surface area contributed by atoms with Crippen molar-refractivity contribution in [3.63, 3.8) is 0 Å². The second-order valence-electron chi connectivity index (χ2n) is 4.64. The summed E-state index contributed by atoms with van der Waals surface area (Å²) in [7, 11) is 0. The van der Waals surface area contributed by atoms with Gasteiger partial charge in [0.15, 0.2) is 0 Å². The number of hydrogen-bond donors (Lipinski definition) is 2. The summed E-state index contributed by atoms with van der Waals surface area (Å²) >= 11 is 2.93. The summed E-state index contributed by atoms with van der Waals surface area (Å²) in [6, 6.07) is 4.05. The van der Waals surface area contributed by atoms with Gasteiger partial charge in [-0.25, -0.2) is 0 Å². The fourth-order valence-electron chi connectivity index (χ4n) is 1.96. The van der Waals surface area contributed by atoms with Gasteiger partial charge in [0.1, 0.15) is 0 Å². The Morgan fingerprint density at radius 3 is 2.56 bits per heavy atom. The normalized spacial score (nSPS) is 17.8. The van der Waals surface area contributed by atoms with Crippen molar-refractivity contribution in [2.24, 2.45) is 11.8 Å². The molecule has 0 radical (unpaired) electrons. The molecule has 1 aromatic carbocycles. The molecule has 100 valence electrons.